The Balaban J connectivity index is 1.65. The van der Waals surface area contributed by atoms with Gasteiger partial charge in [-0.1, -0.05) is 18.5 Å². The second kappa shape index (κ2) is 5.30. The summed E-state index contributed by atoms with van der Waals surface area (Å²) in [5.41, 5.74) is 2.28. The molecule has 0 saturated carbocycles. The smallest absolute Gasteiger partial charge is 0.231 e. The Morgan fingerprint density at radius 1 is 1.29 bits per heavy atom. The van der Waals surface area contributed by atoms with E-state index < -0.39 is 0 Å². The monoisotopic (exact) mass is 339 g/mol. The highest BCUT2D eigenvalue weighted by molar-refractivity contribution is 8.01. The zero-order chi connectivity index (χ0) is 14.4. The van der Waals surface area contributed by atoms with E-state index in [4.69, 9.17) is 21.1 Å². The van der Waals surface area contributed by atoms with Gasteiger partial charge in [-0.05, 0) is 23.4 Å². The summed E-state index contributed by atoms with van der Waals surface area (Å²) in [6, 6.07) is 6.25. The molecule has 0 spiro atoms. The van der Waals surface area contributed by atoms with Crippen LogP contribution in [0.25, 0.3) is 0 Å². The Hall–Kier alpha value is -1.04. The zero-order valence-electron chi connectivity index (χ0n) is 11.4. The fourth-order valence-electron chi connectivity index (χ4n) is 2.70. The molecule has 1 N–H and O–H groups in total. The molecule has 0 amide bonds. The fraction of sp³-hybridized carbons (Fsp3) is 0.333. The van der Waals surface area contributed by atoms with Crippen LogP contribution in [0.1, 0.15) is 24.9 Å². The van der Waals surface area contributed by atoms with E-state index in [0.29, 0.717) is 22.1 Å². The van der Waals surface area contributed by atoms with Crippen molar-refractivity contribution in [1.29, 1.82) is 0 Å². The Labute approximate surface area is 136 Å². The third-order valence-electron chi connectivity index (χ3n) is 3.70. The van der Waals surface area contributed by atoms with Crippen molar-refractivity contribution in [2.45, 2.75) is 28.8 Å². The first-order valence-corrected chi connectivity index (χ1v) is 8.94. The maximum atomic E-state index is 6.36. The molecule has 0 aliphatic carbocycles. The number of anilines is 1. The summed E-state index contributed by atoms with van der Waals surface area (Å²) >= 11 is 10.1. The number of benzene rings is 1. The number of thioether (sulfide) groups is 1. The SMILES string of the molecule is C[C@H]1CC(Nc2cc3c(cc2Cl)OCO3)c2ccsc2S1. The minimum Gasteiger partial charge on any atom is -0.454 e. The predicted molar refractivity (Wildman–Crippen MR) is 88.2 cm³/mol. The number of hydrogen-bond acceptors (Lipinski definition) is 5. The van der Waals surface area contributed by atoms with Crippen molar-refractivity contribution < 1.29 is 9.47 Å². The van der Waals surface area contributed by atoms with Crippen molar-refractivity contribution >= 4 is 40.4 Å². The number of halogens is 1. The lowest BCUT2D eigenvalue weighted by Crippen LogP contribution is -2.19. The highest BCUT2D eigenvalue weighted by atomic mass is 35.5. The first-order valence-electron chi connectivity index (χ1n) is 6.80. The standard InChI is InChI=1S/C15H14ClNO2S2/c1-8-4-11(9-2-3-20-15(9)21-8)17-12-6-14-13(5-10(12)16)18-7-19-14/h2-3,5-6,8,11,17H,4,7H2,1H3/t8-,11?/m0/s1. The summed E-state index contributed by atoms with van der Waals surface area (Å²) in [5, 5.41) is 7.00. The van der Waals surface area contributed by atoms with Gasteiger partial charge in [-0.2, -0.15) is 0 Å². The van der Waals surface area contributed by atoms with Crippen LogP contribution in [-0.2, 0) is 0 Å². The second-order valence-corrected chi connectivity index (χ2v) is 8.24. The molecule has 0 radical (unpaired) electrons. The molecule has 1 aromatic carbocycles. The largest absolute Gasteiger partial charge is 0.454 e. The molecule has 110 valence electrons. The number of fused-ring (bicyclic) bond motifs is 2. The summed E-state index contributed by atoms with van der Waals surface area (Å²) in [5.74, 6) is 1.47. The molecular weight excluding hydrogens is 326 g/mol. The quantitative estimate of drug-likeness (QED) is 0.817. The fourth-order valence-corrected chi connectivity index (χ4v) is 5.48. The van der Waals surface area contributed by atoms with Gasteiger partial charge in [-0.25, -0.2) is 0 Å². The maximum absolute atomic E-state index is 6.36. The van der Waals surface area contributed by atoms with Gasteiger partial charge in [0.15, 0.2) is 11.5 Å². The molecule has 21 heavy (non-hydrogen) atoms. The highest BCUT2D eigenvalue weighted by Gasteiger charge is 2.27. The summed E-state index contributed by atoms with van der Waals surface area (Å²) in [7, 11) is 0. The van der Waals surface area contributed by atoms with Gasteiger partial charge in [0, 0.05) is 17.4 Å². The summed E-state index contributed by atoms with van der Waals surface area (Å²) < 4.78 is 12.2. The molecule has 0 fully saturated rings. The summed E-state index contributed by atoms with van der Waals surface area (Å²) in [4.78, 5) is 0. The number of hydrogen-bond donors (Lipinski definition) is 1. The first-order chi connectivity index (χ1) is 10.2. The normalized spacial score (nSPS) is 23.0. The van der Waals surface area contributed by atoms with Gasteiger partial charge in [-0.3, -0.25) is 0 Å². The average molecular weight is 340 g/mol. The van der Waals surface area contributed by atoms with Crippen LogP contribution in [0.4, 0.5) is 5.69 Å². The molecule has 3 heterocycles. The second-order valence-electron chi connectivity index (χ2n) is 5.21. The van der Waals surface area contributed by atoms with E-state index in [2.05, 4.69) is 23.7 Å². The van der Waals surface area contributed by atoms with E-state index in [0.717, 1.165) is 17.9 Å². The van der Waals surface area contributed by atoms with Crippen LogP contribution in [-0.4, -0.2) is 12.0 Å². The lowest BCUT2D eigenvalue weighted by atomic mass is 10.0. The van der Waals surface area contributed by atoms with Crippen LogP contribution in [0.3, 0.4) is 0 Å². The third kappa shape index (κ3) is 2.47. The third-order valence-corrected chi connectivity index (χ3v) is 6.36. The van der Waals surface area contributed by atoms with Crippen LogP contribution in [0.15, 0.2) is 27.8 Å². The number of nitrogens with one attached hydrogen (secondary N) is 1. The van der Waals surface area contributed by atoms with Crippen LogP contribution < -0.4 is 14.8 Å². The van der Waals surface area contributed by atoms with Gasteiger partial charge in [-0.15, -0.1) is 23.1 Å². The van der Waals surface area contributed by atoms with Gasteiger partial charge in [0.25, 0.3) is 0 Å². The molecule has 2 aromatic rings. The summed E-state index contributed by atoms with van der Waals surface area (Å²) in [6.45, 7) is 2.53. The van der Waals surface area contributed by atoms with Crippen LogP contribution >= 0.6 is 34.7 Å². The minimum atomic E-state index is 0.265. The van der Waals surface area contributed by atoms with E-state index in [-0.39, 0.29) is 6.79 Å². The number of ether oxygens (including phenoxy) is 2. The Kier molecular flexibility index (Phi) is 3.44. The number of thiophene rings is 1. The van der Waals surface area contributed by atoms with Crippen molar-refractivity contribution in [3.8, 4) is 11.5 Å². The van der Waals surface area contributed by atoms with E-state index in [1.54, 1.807) is 0 Å². The van der Waals surface area contributed by atoms with Crippen LogP contribution in [0.2, 0.25) is 5.02 Å². The highest BCUT2D eigenvalue weighted by Crippen LogP contribution is 2.46. The molecular formula is C15H14ClNO2S2. The van der Waals surface area contributed by atoms with E-state index in [1.165, 1.54) is 9.77 Å². The van der Waals surface area contributed by atoms with Gasteiger partial charge >= 0.3 is 0 Å². The molecule has 0 saturated heterocycles. The maximum Gasteiger partial charge on any atom is 0.231 e. The number of rotatable bonds is 2. The molecule has 0 bridgehead atoms. The zero-order valence-corrected chi connectivity index (χ0v) is 13.8. The van der Waals surface area contributed by atoms with Crippen LogP contribution in [0.5, 0.6) is 11.5 Å². The van der Waals surface area contributed by atoms with Gasteiger partial charge in [0.2, 0.25) is 6.79 Å². The van der Waals surface area contributed by atoms with Crippen molar-refractivity contribution in [3.63, 3.8) is 0 Å². The minimum absolute atomic E-state index is 0.265. The molecule has 1 aromatic heterocycles. The van der Waals surface area contributed by atoms with Crippen molar-refractivity contribution in [1.82, 2.24) is 0 Å². The molecule has 4 rings (SSSR count). The van der Waals surface area contributed by atoms with E-state index in [9.17, 15) is 0 Å². The molecule has 6 heteroatoms. The van der Waals surface area contributed by atoms with Gasteiger partial charge in [0.1, 0.15) is 0 Å². The van der Waals surface area contributed by atoms with Crippen molar-refractivity contribution in [2.24, 2.45) is 0 Å². The van der Waals surface area contributed by atoms with Gasteiger partial charge in [0.05, 0.1) is 21.0 Å². The molecule has 2 atom stereocenters. The summed E-state index contributed by atoms with van der Waals surface area (Å²) in [6.07, 6.45) is 1.08. The first kappa shape index (κ1) is 13.6. The van der Waals surface area contributed by atoms with Crippen molar-refractivity contribution in [2.75, 3.05) is 12.1 Å². The molecule has 1 unspecified atom stereocenters. The van der Waals surface area contributed by atoms with E-state index in [1.807, 2.05) is 35.2 Å². The average Bonchev–Trinajstić information content (AvgIpc) is 3.07. The van der Waals surface area contributed by atoms with Gasteiger partial charge < -0.3 is 14.8 Å². The Bertz CT molecular complexity index is 688. The van der Waals surface area contributed by atoms with Crippen molar-refractivity contribution in [3.05, 3.63) is 34.2 Å². The Morgan fingerprint density at radius 2 is 2.10 bits per heavy atom. The Morgan fingerprint density at radius 3 is 2.95 bits per heavy atom. The van der Waals surface area contributed by atoms with E-state index >= 15 is 0 Å². The lowest BCUT2D eigenvalue weighted by molar-refractivity contribution is 0.174. The topological polar surface area (TPSA) is 30.5 Å². The molecule has 2 aliphatic heterocycles. The molecule has 2 aliphatic rings. The predicted octanol–water partition coefficient (Wildman–Crippen LogP) is 5.17. The molecule has 3 nitrogen and oxygen atoms in total. The van der Waals surface area contributed by atoms with Crippen LogP contribution in [0, 0.1) is 0 Å². The lowest BCUT2D eigenvalue weighted by Gasteiger charge is -2.28.